The van der Waals surface area contributed by atoms with Crippen molar-refractivity contribution < 1.29 is 63.6 Å². The minimum atomic E-state index is -1.36. The number of carboxylic acids is 3. The Bertz CT molecular complexity index is 2310. The molecule has 6 amide bonds. The summed E-state index contributed by atoms with van der Waals surface area (Å²) in [7, 11) is 4.13. The number of hydrogen-bond acceptors (Lipinski definition) is 14. The number of aromatic hydroxyl groups is 1. The number of hydrogen-bond donors (Lipinski definition) is 10. The Morgan fingerprint density at radius 1 is 0.523 bits per heavy atom. The van der Waals surface area contributed by atoms with Crippen molar-refractivity contribution in [1.82, 2.24) is 51.5 Å². The molecule has 3 unspecified atom stereocenters. The van der Waals surface area contributed by atoms with Crippen LogP contribution in [0.4, 0.5) is 4.79 Å². The van der Waals surface area contributed by atoms with Crippen LogP contribution in [0.3, 0.4) is 0 Å². The number of phenols is 1. The summed E-state index contributed by atoms with van der Waals surface area (Å²) in [6, 6.07) is 3.14. The highest BCUT2D eigenvalue weighted by Gasteiger charge is 2.33. The summed E-state index contributed by atoms with van der Waals surface area (Å²) < 4.78 is 0. The van der Waals surface area contributed by atoms with Gasteiger partial charge < -0.3 is 66.9 Å². The number of nitrogens with zero attached hydrogens (tertiary/aromatic N) is 4. The number of carbonyl (C=O) groups is 9. The highest BCUT2D eigenvalue weighted by molar-refractivity contribution is 5.86. The molecule has 1 saturated heterocycles. The topological polar surface area (TPSA) is 320 Å². The molecule has 5 atom stereocenters. The zero-order valence-corrected chi connectivity index (χ0v) is 55.4. The van der Waals surface area contributed by atoms with Crippen molar-refractivity contribution in [3.8, 4) is 5.75 Å². The number of carbonyl (C=O) groups excluding carboxylic acids is 6. The summed E-state index contributed by atoms with van der Waals surface area (Å²) in [6.07, 6.45) is 9.07. The van der Waals surface area contributed by atoms with Crippen LogP contribution < -0.4 is 31.9 Å². The number of nitrogens with one attached hydrogen (secondary N) is 6. The van der Waals surface area contributed by atoms with Gasteiger partial charge in [-0.2, -0.15) is 0 Å². The van der Waals surface area contributed by atoms with E-state index >= 15 is 0 Å². The van der Waals surface area contributed by atoms with Crippen molar-refractivity contribution in [2.75, 3.05) is 99.2 Å². The van der Waals surface area contributed by atoms with Gasteiger partial charge in [-0.05, 0) is 145 Å². The summed E-state index contributed by atoms with van der Waals surface area (Å²) >= 11 is 0. The maximum absolute atomic E-state index is 14.1. The average molecular weight is 1240 g/mol. The minimum Gasteiger partial charge on any atom is -0.508 e. The Hall–Kier alpha value is -5.91. The van der Waals surface area contributed by atoms with E-state index in [1.807, 2.05) is 11.8 Å². The van der Waals surface area contributed by atoms with Crippen LogP contribution in [-0.2, 0) is 44.9 Å². The number of carboxylic acid groups (broad SMARTS) is 3. The predicted molar refractivity (Wildman–Crippen MR) is 341 cm³/mol. The number of likely N-dealkylation sites (N-methyl/N-ethyl adjacent to an activating group) is 2. The Labute approximate surface area is 525 Å². The molecule has 1 heterocycles. The van der Waals surface area contributed by atoms with Crippen LogP contribution in [0.15, 0.2) is 24.3 Å². The van der Waals surface area contributed by atoms with Crippen molar-refractivity contribution in [1.29, 1.82) is 0 Å². The molecule has 502 valence electrons. The van der Waals surface area contributed by atoms with Crippen molar-refractivity contribution in [2.45, 2.75) is 190 Å². The maximum atomic E-state index is 14.1. The molecule has 1 aromatic carbocycles. The number of phenolic OH excluding ortho intramolecular Hbond substituents is 1. The molecule has 2 rings (SSSR count). The molecule has 0 radical (unpaired) electrons. The van der Waals surface area contributed by atoms with Gasteiger partial charge in [-0.25, -0.2) is 14.4 Å². The fourth-order valence-corrected chi connectivity index (χ4v) is 11.3. The fourth-order valence-electron chi connectivity index (χ4n) is 11.3. The number of amides is 6. The van der Waals surface area contributed by atoms with E-state index in [2.05, 4.69) is 109 Å². The molecule has 88 heavy (non-hydrogen) atoms. The largest absolute Gasteiger partial charge is 0.508 e. The number of ketones is 1. The highest BCUT2D eigenvalue weighted by Crippen LogP contribution is 2.38. The monoisotopic (exact) mass is 1240 g/mol. The van der Waals surface area contributed by atoms with Gasteiger partial charge in [0, 0.05) is 103 Å². The zero-order chi connectivity index (χ0) is 66.0. The summed E-state index contributed by atoms with van der Waals surface area (Å²) in [5.74, 6) is -4.59. The molecule has 1 aliphatic rings. The molecule has 1 aromatic rings. The number of Topliss-reactive ketones (excluding diaryl/α,β-unsaturated/α-hetero) is 1. The Morgan fingerprint density at radius 3 is 1.44 bits per heavy atom. The van der Waals surface area contributed by atoms with Gasteiger partial charge in [0.1, 0.15) is 23.6 Å². The van der Waals surface area contributed by atoms with Gasteiger partial charge >= 0.3 is 23.9 Å². The molecule has 10 N–H and O–H groups in total. The normalized spacial score (nSPS) is 16.3. The number of rotatable bonds is 40. The van der Waals surface area contributed by atoms with Gasteiger partial charge in [0.2, 0.25) is 23.6 Å². The lowest BCUT2D eigenvalue weighted by Gasteiger charge is -2.32. The van der Waals surface area contributed by atoms with Crippen LogP contribution in [0.25, 0.3) is 0 Å². The lowest BCUT2D eigenvalue weighted by molar-refractivity contribution is -0.140. The van der Waals surface area contributed by atoms with E-state index in [0.717, 1.165) is 57.4 Å². The summed E-state index contributed by atoms with van der Waals surface area (Å²) in [5, 5.41) is 55.4. The van der Waals surface area contributed by atoms with Gasteiger partial charge in [0.25, 0.3) is 0 Å². The molecule has 23 heteroatoms. The lowest BCUT2D eigenvalue weighted by Crippen LogP contribution is -2.51. The van der Waals surface area contributed by atoms with E-state index in [1.165, 1.54) is 6.92 Å². The Kier molecular flexibility index (Phi) is 36.1. The van der Waals surface area contributed by atoms with E-state index < -0.39 is 36.0 Å². The third-order valence-corrected chi connectivity index (χ3v) is 16.6. The van der Waals surface area contributed by atoms with Crippen LogP contribution in [-0.4, -0.2) is 205 Å². The maximum Gasteiger partial charge on any atom is 0.326 e. The van der Waals surface area contributed by atoms with E-state index in [0.29, 0.717) is 117 Å². The van der Waals surface area contributed by atoms with E-state index in [1.54, 1.807) is 24.3 Å². The molecule has 23 nitrogen and oxygen atoms in total. The van der Waals surface area contributed by atoms with Gasteiger partial charge in [0.05, 0.1) is 13.1 Å². The predicted octanol–water partition coefficient (Wildman–Crippen LogP) is 6.32. The second kappa shape index (κ2) is 40.7. The summed E-state index contributed by atoms with van der Waals surface area (Å²) in [4.78, 5) is 122. The molecule has 1 aliphatic heterocycles. The molecular weight excluding hydrogens is 1130 g/mol. The second-order valence-electron chi connectivity index (χ2n) is 27.5. The standard InChI is InChI=1S/C65H114N10O13/c1-12-49(57(81)67-31-14-13-21-53(60(84)85)70-62(88)71-54(61(86)87)27-22-47(2)76)42-64(6,7)28-18-20-51(59(83)69-44-48-23-25-52(77)26-24-48)43-65(8,9)29-17-19-50(41-63(3,4)5)58(82)68-32-16-15-30-66-55(78)45-74-37-35-72(10)33-34-73(11)36-38-75(40-39-74)46-56(79)80/h23-26,49-51,53-54,77H,12-22,27-46H2,1-11H3,(H,66,78)(H,67,81)(H,68,82)(H,69,83)(H,79,80)(H,84,85)(H,86,87)(H2,70,71,88)/t49?,50?,51?,53-,54-/m0/s1. The van der Waals surface area contributed by atoms with Gasteiger partial charge in [-0.3, -0.25) is 33.8 Å². The van der Waals surface area contributed by atoms with Crippen molar-refractivity contribution in [3.05, 3.63) is 29.8 Å². The second-order valence-corrected chi connectivity index (χ2v) is 27.5. The van der Waals surface area contributed by atoms with Crippen LogP contribution in [0.5, 0.6) is 5.75 Å². The van der Waals surface area contributed by atoms with Crippen molar-refractivity contribution >= 4 is 53.4 Å². The Morgan fingerprint density at radius 2 is 0.955 bits per heavy atom. The van der Waals surface area contributed by atoms with Gasteiger partial charge in [0.15, 0.2) is 0 Å². The zero-order valence-electron chi connectivity index (χ0n) is 55.4. The first-order valence-corrected chi connectivity index (χ1v) is 32.2. The highest BCUT2D eigenvalue weighted by atomic mass is 16.4. The van der Waals surface area contributed by atoms with Crippen LogP contribution in [0.1, 0.15) is 177 Å². The summed E-state index contributed by atoms with van der Waals surface area (Å²) in [6.45, 7) is 25.9. The lowest BCUT2D eigenvalue weighted by atomic mass is 9.74. The molecule has 0 aliphatic carbocycles. The third-order valence-electron chi connectivity index (χ3n) is 16.6. The first kappa shape index (κ1) is 78.2. The van der Waals surface area contributed by atoms with Crippen LogP contribution >= 0.6 is 0 Å². The number of unbranched alkanes of at least 4 members (excludes halogenated alkanes) is 2. The molecule has 0 aromatic heterocycles. The van der Waals surface area contributed by atoms with Gasteiger partial charge in [-0.15, -0.1) is 0 Å². The third kappa shape index (κ3) is 35.9. The fraction of sp³-hybridized carbons (Fsp3) is 0.769. The van der Waals surface area contributed by atoms with Crippen molar-refractivity contribution in [2.24, 2.45) is 34.0 Å². The number of aliphatic carboxylic acids is 3. The number of urea groups is 1. The van der Waals surface area contributed by atoms with E-state index in [-0.39, 0.29) is 102 Å². The van der Waals surface area contributed by atoms with Crippen LogP contribution in [0.2, 0.25) is 0 Å². The van der Waals surface area contributed by atoms with E-state index in [4.69, 9.17) is 0 Å². The quantitative estimate of drug-likeness (QED) is 0.0322. The first-order valence-electron chi connectivity index (χ1n) is 32.2. The molecular formula is C65H114N10O13. The number of benzene rings is 1. The molecule has 0 saturated carbocycles. The van der Waals surface area contributed by atoms with Crippen molar-refractivity contribution in [3.63, 3.8) is 0 Å². The van der Waals surface area contributed by atoms with Crippen LogP contribution in [0, 0.1) is 34.0 Å². The first-order chi connectivity index (χ1) is 41.3. The minimum absolute atomic E-state index is 0.0250. The summed E-state index contributed by atoms with van der Waals surface area (Å²) in [5.41, 5.74) is 0.292. The molecule has 0 bridgehead atoms. The average Bonchev–Trinajstić information content (AvgIpc) is 3.53. The molecule has 1 fully saturated rings. The molecule has 0 spiro atoms. The smallest absolute Gasteiger partial charge is 0.326 e. The SMILES string of the molecule is CCC(CC(C)(C)CCCC(CC(C)(C)CCCC(CC(C)(C)C)C(=O)NCCCCNC(=O)CN1CCN(C)CCN(C)CCN(CC(=O)O)CC1)C(=O)NCc1ccc(O)cc1)C(=O)NCCCC[C@H](NC(=O)N[C@@H](CCC(C)=O)C(=O)O)C(=O)O. The Balaban J connectivity index is 1.97. The van der Waals surface area contributed by atoms with Gasteiger partial charge in [-0.1, -0.05) is 80.4 Å². The van der Waals surface area contributed by atoms with E-state index in [9.17, 15) is 63.6 Å².